The third-order valence-electron chi connectivity index (χ3n) is 1.19. The van der Waals surface area contributed by atoms with Gasteiger partial charge in [0.15, 0.2) is 0 Å². The number of halogens is 1. The van der Waals surface area contributed by atoms with E-state index in [1.165, 1.54) is 0 Å². The lowest BCUT2D eigenvalue weighted by Gasteiger charge is -2.08. The Bertz CT molecular complexity index is 108. The van der Waals surface area contributed by atoms with Crippen LogP contribution in [0.5, 0.6) is 0 Å². The average molecular weight is 167 g/mol. The van der Waals surface area contributed by atoms with Crippen molar-refractivity contribution in [3.05, 3.63) is 0 Å². The van der Waals surface area contributed by atoms with Gasteiger partial charge in [0, 0.05) is 5.75 Å². The molecule has 0 saturated carbocycles. The van der Waals surface area contributed by atoms with Crippen LogP contribution < -0.4 is 0 Å². The van der Waals surface area contributed by atoms with Gasteiger partial charge in [-0.15, -0.1) is 0 Å². The minimum Gasteiger partial charge on any atom is -0.772 e. The zero-order valence-electron chi connectivity index (χ0n) is 6.01. The summed E-state index contributed by atoms with van der Waals surface area (Å²) in [5.74, 6) is -0.347. The van der Waals surface area contributed by atoms with Gasteiger partial charge in [0.05, 0.1) is 0 Å². The van der Waals surface area contributed by atoms with Crippen LogP contribution >= 0.6 is 0 Å². The zero-order chi connectivity index (χ0) is 7.98. The smallest absolute Gasteiger partial charge is 0.110 e. The highest BCUT2D eigenvalue weighted by Gasteiger charge is 2.04. The number of hydrogen-bond donors (Lipinski definition) is 0. The Hall–Kier alpha value is 0.0400. The molecule has 2 atom stereocenters. The highest BCUT2D eigenvalue weighted by atomic mass is 32.2. The molecule has 0 spiro atoms. The van der Waals surface area contributed by atoms with Crippen molar-refractivity contribution in [2.24, 2.45) is 0 Å². The van der Waals surface area contributed by atoms with Crippen molar-refractivity contribution < 1.29 is 13.2 Å². The maximum Gasteiger partial charge on any atom is 0.110 e. The van der Waals surface area contributed by atoms with E-state index in [9.17, 15) is 13.2 Å². The molecule has 0 aliphatic carbocycles. The lowest BCUT2D eigenvalue weighted by Crippen LogP contribution is -2.10. The standard InChI is InChI=1S/C6H13FO2S/c1-2-3-4-6(7)5-10(8)9/h6H,2-5H2,1H3,(H,8,9)/p-1. The van der Waals surface area contributed by atoms with Gasteiger partial charge < -0.3 is 4.55 Å². The molecular formula is C6H12FO2S-. The van der Waals surface area contributed by atoms with Crippen molar-refractivity contribution in [1.29, 1.82) is 0 Å². The van der Waals surface area contributed by atoms with Crippen molar-refractivity contribution in [3.63, 3.8) is 0 Å². The van der Waals surface area contributed by atoms with Gasteiger partial charge >= 0.3 is 0 Å². The summed E-state index contributed by atoms with van der Waals surface area (Å²) in [7, 11) is 0. The van der Waals surface area contributed by atoms with Crippen LogP contribution in [0.15, 0.2) is 0 Å². The molecular weight excluding hydrogens is 155 g/mol. The summed E-state index contributed by atoms with van der Waals surface area (Å²) >= 11 is -2.22. The second-order valence-corrected chi connectivity index (χ2v) is 3.15. The molecule has 0 heterocycles. The minimum absolute atomic E-state index is 0.347. The summed E-state index contributed by atoms with van der Waals surface area (Å²) in [6.45, 7) is 1.95. The fraction of sp³-hybridized carbons (Fsp3) is 1.00. The lowest BCUT2D eigenvalue weighted by atomic mass is 10.2. The van der Waals surface area contributed by atoms with Gasteiger partial charge in [0.2, 0.25) is 0 Å². The highest BCUT2D eigenvalue weighted by molar-refractivity contribution is 7.79. The van der Waals surface area contributed by atoms with Crippen LogP contribution in [0.1, 0.15) is 26.2 Å². The van der Waals surface area contributed by atoms with E-state index in [-0.39, 0.29) is 5.75 Å². The Morgan fingerprint density at radius 3 is 2.70 bits per heavy atom. The number of alkyl halides is 1. The van der Waals surface area contributed by atoms with Gasteiger partial charge in [-0.1, -0.05) is 30.8 Å². The van der Waals surface area contributed by atoms with Crippen molar-refractivity contribution in [2.45, 2.75) is 32.4 Å². The topological polar surface area (TPSA) is 40.1 Å². The molecule has 0 N–H and O–H groups in total. The van der Waals surface area contributed by atoms with Crippen LogP contribution in [0.25, 0.3) is 0 Å². The average Bonchev–Trinajstić information content (AvgIpc) is 1.82. The second kappa shape index (κ2) is 5.80. The fourth-order valence-corrected chi connectivity index (χ4v) is 1.12. The molecule has 0 aromatic rings. The van der Waals surface area contributed by atoms with E-state index in [1.54, 1.807) is 0 Å². The SMILES string of the molecule is CCCCC(F)CS(=O)[O-]. The Morgan fingerprint density at radius 1 is 1.70 bits per heavy atom. The summed E-state index contributed by atoms with van der Waals surface area (Å²) < 4.78 is 32.3. The van der Waals surface area contributed by atoms with Gasteiger partial charge in [0.25, 0.3) is 0 Å². The zero-order valence-corrected chi connectivity index (χ0v) is 6.82. The first-order valence-electron chi connectivity index (χ1n) is 3.36. The van der Waals surface area contributed by atoms with Gasteiger partial charge in [-0.2, -0.15) is 0 Å². The number of unbranched alkanes of at least 4 members (excludes halogenated alkanes) is 1. The molecule has 0 aromatic carbocycles. The third-order valence-corrected chi connectivity index (χ3v) is 1.82. The largest absolute Gasteiger partial charge is 0.772 e. The Balaban J connectivity index is 3.25. The molecule has 0 bridgehead atoms. The van der Waals surface area contributed by atoms with Crippen LogP contribution in [-0.4, -0.2) is 20.7 Å². The molecule has 62 valence electrons. The highest BCUT2D eigenvalue weighted by Crippen LogP contribution is 2.04. The van der Waals surface area contributed by atoms with E-state index >= 15 is 0 Å². The Kier molecular flexibility index (Phi) is 5.82. The quantitative estimate of drug-likeness (QED) is 0.580. The van der Waals surface area contributed by atoms with Gasteiger partial charge in [-0.3, -0.25) is 4.21 Å². The van der Waals surface area contributed by atoms with E-state index < -0.39 is 17.3 Å². The van der Waals surface area contributed by atoms with Crippen molar-refractivity contribution in [2.75, 3.05) is 5.75 Å². The van der Waals surface area contributed by atoms with Crippen LogP contribution in [0.3, 0.4) is 0 Å². The van der Waals surface area contributed by atoms with Crippen LogP contribution in [0, 0.1) is 0 Å². The van der Waals surface area contributed by atoms with Crippen LogP contribution in [0.4, 0.5) is 4.39 Å². The normalized spacial score (nSPS) is 16.7. The fourth-order valence-electron chi connectivity index (χ4n) is 0.657. The second-order valence-electron chi connectivity index (χ2n) is 2.21. The first-order chi connectivity index (χ1) is 4.66. The first kappa shape index (κ1) is 10.0. The maximum absolute atomic E-state index is 12.4. The molecule has 0 fully saturated rings. The lowest BCUT2D eigenvalue weighted by molar-refractivity contribution is 0.332. The van der Waals surface area contributed by atoms with Crippen LogP contribution in [0.2, 0.25) is 0 Å². The molecule has 0 aliphatic heterocycles. The summed E-state index contributed by atoms with van der Waals surface area (Å²) in [5, 5.41) is 0. The van der Waals surface area contributed by atoms with E-state index in [4.69, 9.17) is 0 Å². The van der Waals surface area contributed by atoms with Gasteiger partial charge in [-0.25, -0.2) is 4.39 Å². The first-order valence-corrected chi connectivity index (χ1v) is 4.61. The molecule has 2 nitrogen and oxygen atoms in total. The predicted molar refractivity (Wildman–Crippen MR) is 38.2 cm³/mol. The molecule has 4 heteroatoms. The molecule has 0 aromatic heterocycles. The van der Waals surface area contributed by atoms with Crippen LogP contribution in [-0.2, 0) is 11.1 Å². The van der Waals surface area contributed by atoms with E-state index in [1.807, 2.05) is 6.92 Å². The van der Waals surface area contributed by atoms with Crippen molar-refractivity contribution in [1.82, 2.24) is 0 Å². The van der Waals surface area contributed by atoms with Gasteiger partial charge in [-0.05, 0) is 6.42 Å². The van der Waals surface area contributed by atoms with Crippen molar-refractivity contribution in [3.8, 4) is 0 Å². The summed E-state index contributed by atoms with van der Waals surface area (Å²) in [6, 6.07) is 0. The van der Waals surface area contributed by atoms with E-state index in [0.717, 1.165) is 12.8 Å². The predicted octanol–water partition coefficient (Wildman–Crippen LogP) is 1.39. The molecule has 0 saturated heterocycles. The minimum atomic E-state index is -2.22. The maximum atomic E-state index is 12.4. The number of rotatable bonds is 5. The molecule has 0 amide bonds. The molecule has 10 heavy (non-hydrogen) atoms. The molecule has 0 radical (unpaired) electrons. The molecule has 0 rings (SSSR count). The van der Waals surface area contributed by atoms with E-state index in [2.05, 4.69) is 0 Å². The molecule has 2 unspecified atom stereocenters. The van der Waals surface area contributed by atoms with E-state index in [0.29, 0.717) is 6.42 Å². The van der Waals surface area contributed by atoms with Crippen molar-refractivity contribution >= 4 is 11.1 Å². The van der Waals surface area contributed by atoms with Gasteiger partial charge in [0.1, 0.15) is 6.17 Å². The summed E-state index contributed by atoms with van der Waals surface area (Å²) in [6.07, 6.45) is 0.868. The Labute approximate surface area is 63.1 Å². The third kappa shape index (κ3) is 6.16. The monoisotopic (exact) mass is 167 g/mol. The summed E-state index contributed by atoms with van der Waals surface area (Å²) in [5.41, 5.74) is 0. The Morgan fingerprint density at radius 2 is 2.30 bits per heavy atom. The number of hydrogen-bond acceptors (Lipinski definition) is 2. The molecule has 0 aliphatic rings. The summed E-state index contributed by atoms with van der Waals surface area (Å²) in [4.78, 5) is 0.